The Kier molecular flexibility index (Phi) is 4.91. The average Bonchev–Trinajstić information content (AvgIpc) is 2.45. The third-order valence-electron chi connectivity index (χ3n) is 3.69. The van der Waals surface area contributed by atoms with Gasteiger partial charge in [-0.2, -0.15) is 0 Å². The fourth-order valence-corrected chi connectivity index (χ4v) is 2.42. The molecule has 0 bridgehead atoms. The highest BCUT2D eigenvalue weighted by atomic mass is 19.1. The number of aryl methyl sites for hydroxylation is 1. The van der Waals surface area contributed by atoms with Crippen LogP contribution in [0.1, 0.15) is 49.0 Å². The lowest BCUT2D eigenvalue weighted by atomic mass is 10.0. The van der Waals surface area contributed by atoms with E-state index in [9.17, 15) is 4.39 Å². The Morgan fingerprint density at radius 3 is 2.35 bits per heavy atom. The molecule has 0 fully saturated rings. The standard InChI is InChI=1S/C18H22FN/c1-4-18(15-10-8-13(2)9-11-15)20-14(3)16-6-5-7-17(19)12-16/h5-12,14,18,20H,4H2,1-3H3/t14-,18?/m1/s1. The van der Waals surface area contributed by atoms with Gasteiger partial charge in [0.2, 0.25) is 0 Å². The first-order valence-corrected chi connectivity index (χ1v) is 7.18. The second-order valence-electron chi connectivity index (χ2n) is 5.31. The number of benzene rings is 2. The smallest absolute Gasteiger partial charge is 0.123 e. The number of hydrogen-bond donors (Lipinski definition) is 1. The van der Waals surface area contributed by atoms with E-state index in [0.717, 1.165) is 12.0 Å². The topological polar surface area (TPSA) is 12.0 Å². The highest BCUT2D eigenvalue weighted by Gasteiger charge is 2.14. The molecule has 0 saturated heterocycles. The lowest BCUT2D eigenvalue weighted by molar-refractivity contribution is 0.455. The summed E-state index contributed by atoms with van der Waals surface area (Å²) >= 11 is 0. The Hall–Kier alpha value is -1.67. The van der Waals surface area contributed by atoms with Gasteiger partial charge in [0.1, 0.15) is 5.82 Å². The van der Waals surface area contributed by atoms with Crippen LogP contribution in [0.3, 0.4) is 0 Å². The van der Waals surface area contributed by atoms with E-state index in [4.69, 9.17) is 0 Å². The molecular weight excluding hydrogens is 249 g/mol. The van der Waals surface area contributed by atoms with Gasteiger partial charge < -0.3 is 5.32 Å². The van der Waals surface area contributed by atoms with Gasteiger partial charge in [0.25, 0.3) is 0 Å². The summed E-state index contributed by atoms with van der Waals surface area (Å²) in [4.78, 5) is 0. The molecule has 2 atom stereocenters. The monoisotopic (exact) mass is 271 g/mol. The first-order chi connectivity index (χ1) is 9.60. The van der Waals surface area contributed by atoms with Gasteiger partial charge in [0, 0.05) is 12.1 Å². The lowest BCUT2D eigenvalue weighted by Gasteiger charge is -2.23. The van der Waals surface area contributed by atoms with Crippen LogP contribution in [0.5, 0.6) is 0 Å². The quantitative estimate of drug-likeness (QED) is 0.812. The molecule has 0 aliphatic heterocycles. The molecule has 0 saturated carbocycles. The van der Waals surface area contributed by atoms with Crippen molar-refractivity contribution in [3.63, 3.8) is 0 Å². The van der Waals surface area contributed by atoms with Crippen LogP contribution < -0.4 is 5.32 Å². The van der Waals surface area contributed by atoms with Gasteiger partial charge in [-0.25, -0.2) is 4.39 Å². The molecule has 0 radical (unpaired) electrons. The zero-order valence-corrected chi connectivity index (χ0v) is 12.4. The SMILES string of the molecule is CCC(N[C@H](C)c1cccc(F)c1)c1ccc(C)cc1. The molecule has 2 rings (SSSR count). The van der Waals surface area contributed by atoms with Crippen molar-refractivity contribution in [2.75, 3.05) is 0 Å². The van der Waals surface area contributed by atoms with Crippen molar-refractivity contribution < 1.29 is 4.39 Å². The summed E-state index contributed by atoms with van der Waals surface area (Å²) in [7, 11) is 0. The molecule has 1 N–H and O–H groups in total. The van der Waals surface area contributed by atoms with Gasteiger partial charge >= 0.3 is 0 Å². The molecule has 0 amide bonds. The van der Waals surface area contributed by atoms with Crippen molar-refractivity contribution in [2.24, 2.45) is 0 Å². The van der Waals surface area contributed by atoms with Crippen molar-refractivity contribution in [2.45, 2.75) is 39.3 Å². The Bertz CT molecular complexity index is 548. The van der Waals surface area contributed by atoms with Crippen LogP contribution in [0.4, 0.5) is 4.39 Å². The highest BCUT2D eigenvalue weighted by molar-refractivity contribution is 5.25. The Morgan fingerprint density at radius 2 is 1.75 bits per heavy atom. The Morgan fingerprint density at radius 1 is 1.05 bits per heavy atom. The van der Waals surface area contributed by atoms with Crippen LogP contribution in [0.25, 0.3) is 0 Å². The number of nitrogens with one attached hydrogen (secondary N) is 1. The van der Waals surface area contributed by atoms with Crippen molar-refractivity contribution >= 4 is 0 Å². The summed E-state index contributed by atoms with van der Waals surface area (Å²) in [6.07, 6.45) is 1.00. The van der Waals surface area contributed by atoms with Crippen molar-refractivity contribution in [3.8, 4) is 0 Å². The molecule has 1 nitrogen and oxygen atoms in total. The Balaban J connectivity index is 2.11. The Labute approximate surface area is 120 Å². The molecule has 106 valence electrons. The van der Waals surface area contributed by atoms with Crippen LogP contribution in [-0.2, 0) is 0 Å². The normalized spacial score (nSPS) is 14.0. The van der Waals surface area contributed by atoms with Crippen molar-refractivity contribution in [1.29, 1.82) is 0 Å². The molecule has 1 unspecified atom stereocenters. The zero-order valence-electron chi connectivity index (χ0n) is 12.4. The molecule has 0 spiro atoms. The minimum Gasteiger partial charge on any atom is -0.303 e. The molecule has 0 aromatic heterocycles. The molecule has 2 aromatic carbocycles. The lowest BCUT2D eigenvalue weighted by Crippen LogP contribution is -2.24. The second-order valence-corrected chi connectivity index (χ2v) is 5.31. The minimum atomic E-state index is -0.181. The van der Waals surface area contributed by atoms with E-state index in [0.29, 0.717) is 0 Å². The molecule has 0 aliphatic rings. The zero-order chi connectivity index (χ0) is 14.5. The second kappa shape index (κ2) is 6.67. The number of hydrogen-bond acceptors (Lipinski definition) is 1. The summed E-state index contributed by atoms with van der Waals surface area (Å²) < 4.78 is 13.3. The van der Waals surface area contributed by atoms with E-state index in [1.165, 1.54) is 17.2 Å². The van der Waals surface area contributed by atoms with Crippen LogP contribution >= 0.6 is 0 Å². The number of rotatable bonds is 5. The van der Waals surface area contributed by atoms with E-state index < -0.39 is 0 Å². The van der Waals surface area contributed by atoms with Gasteiger partial charge in [-0.15, -0.1) is 0 Å². The molecule has 0 heterocycles. The third kappa shape index (κ3) is 3.67. The largest absolute Gasteiger partial charge is 0.303 e. The highest BCUT2D eigenvalue weighted by Crippen LogP contribution is 2.22. The summed E-state index contributed by atoms with van der Waals surface area (Å²) in [5.41, 5.74) is 3.53. The average molecular weight is 271 g/mol. The van der Waals surface area contributed by atoms with Crippen molar-refractivity contribution in [3.05, 3.63) is 71.0 Å². The van der Waals surface area contributed by atoms with Crippen molar-refractivity contribution in [1.82, 2.24) is 5.32 Å². The third-order valence-corrected chi connectivity index (χ3v) is 3.69. The maximum absolute atomic E-state index is 13.3. The van der Waals surface area contributed by atoms with Crippen LogP contribution in [0, 0.1) is 12.7 Å². The molecule has 20 heavy (non-hydrogen) atoms. The summed E-state index contributed by atoms with van der Waals surface area (Å²) in [5, 5.41) is 3.58. The number of halogens is 1. The molecule has 0 aliphatic carbocycles. The summed E-state index contributed by atoms with van der Waals surface area (Å²) in [6, 6.07) is 15.8. The van der Waals surface area contributed by atoms with Gasteiger partial charge in [-0.05, 0) is 43.5 Å². The van der Waals surface area contributed by atoms with E-state index in [2.05, 4.69) is 50.4 Å². The van der Waals surface area contributed by atoms with Gasteiger partial charge in [0.05, 0.1) is 0 Å². The van der Waals surface area contributed by atoms with Crippen LogP contribution in [0.15, 0.2) is 48.5 Å². The van der Waals surface area contributed by atoms with E-state index in [-0.39, 0.29) is 17.9 Å². The first kappa shape index (κ1) is 14.7. The van der Waals surface area contributed by atoms with E-state index in [1.54, 1.807) is 12.1 Å². The molecular formula is C18H22FN. The summed E-state index contributed by atoms with van der Waals surface area (Å²) in [6.45, 7) is 6.33. The van der Waals surface area contributed by atoms with Gasteiger partial charge in [-0.1, -0.05) is 48.9 Å². The van der Waals surface area contributed by atoms with Crippen LogP contribution in [-0.4, -0.2) is 0 Å². The van der Waals surface area contributed by atoms with E-state index >= 15 is 0 Å². The predicted octanol–water partition coefficient (Wildman–Crippen LogP) is 4.94. The fourth-order valence-electron chi connectivity index (χ4n) is 2.42. The maximum atomic E-state index is 13.3. The maximum Gasteiger partial charge on any atom is 0.123 e. The van der Waals surface area contributed by atoms with Crippen LogP contribution in [0.2, 0.25) is 0 Å². The predicted molar refractivity (Wildman–Crippen MR) is 82.2 cm³/mol. The van der Waals surface area contributed by atoms with Gasteiger partial charge in [0.15, 0.2) is 0 Å². The first-order valence-electron chi connectivity index (χ1n) is 7.18. The van der Waals surface area contributed by atoms with E-state index in [1.807, 2.05) is 6.07 Å². The summed E-state index contributed by atoms with van der Waals surface area (Å²) in [5.74, 6) is -0.181. The van der Waals surface area contributed by atoms with Gasteiger partial charge in [-0.3, -0.25) is 0 Å². The fraction of sp³-hybridized carbons (Fsp3) is 0.333. The molecule has 2 heteroatoms. The minimum absolute atomic E-state index is 0.122. The molecule has 2 aromatic rings.